The second-order valence-electron chi connectivity index (χ2n) is 6.89. The van der Waals surface area contributed by atoms with Crippen LogP contribution in [0.3, 0.4) is 0 Å². The Balaban J connectivity index is 2.02. The number of ether oxygens (including phenoxy) is 1. The third kappa shape index (κ3) is 4.92. The van der Waals surface area contributed by atoms with E-state index < -0.39 is 27.7 Å². The maximum atomic E-state index is 12.6. The van der Waals surface area contributed by atoms with Crippen LogP contribution < -0.4 is 5.32 Å². The zero-order valence-corrected chi connectivity index (χ0v) is 15.3. The maximum absolute atomic E-state index is 12.6. The molecule has 1 aliphatic carbocycles. The van der Waals surface area contributed by atoms with Gasteiger partial charge in [0.05, 0.1) is 18.1 Å². The van der Waals surface area contributed by atoms with E-state index in [-0.39, 0.29) is 30.7 Å². The number of rotatable bonds is 5. The third-order valence-electron chi connectivity index (χ3n) is 5.07. The molecule has 3 unspecified atom stereocenters. The molecule has 1 heterocycles. The van der Waals surface area contributed by atoms with Crippen molar-refractivity contribution in [2.24, 2.45) is 5.92 Å². The van der Waals surface area contributed by atoms with Crippen LogP contribution in [0.4, 0.5) is 0 Å². The Morgan fingerprint density at radius 2 is 1.92 bits per heavy atom. The zero-order chi connectivity index (χ0) is 17.7. The standard InChI is InChI=1S/C16H28N2O5S/c1-12-5-3-4-6-14(12)17-15(19)16(20)18(8-9-23-2)13-7-10-24(21,22)11-13/h12-14H,3-11H2,1-2H3,(H,17,19). The molecule has 2 rings (SSSR count). The van der Waals surface area contributed by atoms with Crippen LogP contribution in [0, 0.1) is 5.92 Å². The average Bonchev–Trinajstić information content (AvgIpc) is 2.89. The molecule has 3 atom stereocenters. The Hall–Kier alpha value is -1.15. The highest BCUT2D eigenvalue weighted by Gasteiger charge is 2.37. The van der Waals surface area contributed by atoms with Crippen molar-refractivity contribution in [2.75, 3.05) is 31.8 Å². The maximum Gasteiger partial charge on any atom is 0.312 e. The fraction of sp³-hybridized carbons (Fsp3) is 0.875. The van der Waals surface area contributed by atoms with E-state index in [1.54, 1.807) is 0 Å². The van der Waals surface area contributed by atoms with Gasteiger partial charge in [0, 0.05) is 25.7 Å². The molecule has 1 saturated heterocycles. The second kappa shape index (κ2) is 8.29. The Morgan fingerprint density at radius 1 is 1.21 bits per heavy atom. The lowest BCUT2D eigenvalue weighted by Gasteiger charge is -2.31. The van der Waals surface area contributed by atoms with Gasteiger partial charge in [0.15, 0.2) is 9.84 Å². The highest BCUT2D eigenvalue weighted by Crippen LogP contribution is 2.24. The number of carbonyl (C=O) groups excluding carboxylic acids is 2. The summed E-state index contributed by atoms with van der Waals surface area (Å²) in [6.45, 7) is 2.58. The van der Waals surface area contributed by atoms with Gasteiger partial charge in [-0.3, -0.25) is 9.59 Å². The van der Waals surface area contributed by atoms with Crippen molar-refractivity contribution < 1.29 is 22.7 Å². The van der Waals surface area contributed by atoms with Gasteiger partial charge in [-0.15, -0.1) is 0 Å². The van der Waals surface area contributed by atoms with Crippen molar-refractivity contribution in [1.82, 2.24) is 10.2 Å². The summed E-state index contributed by atoms with van der Waals surface area (Å²) >= 11 is 0. The lowest BCUT2D eigenvalue weighted by atomic mass is 9.86. The first-order valence-corrected chi connectivity index (χ1v) is 10.5. The molecule has 2 amide bonds. The van der Waals surface area contributed by atoms with Crippen molar-refractivity contribution >= 4 is 21.7 Å². The second-order valence-corrected chi connectivity index (χ2v) is 9.12. The Morgan fingerprint density at radius 3 is 2.50 bits per heavy atom. The van der Waals surface area contributed by atoms with E-state index >= 15 is 0 Å². The van der Waals surface area contributed by atoms with Gasteiger partial charge in [0.1, 0.15) is 0 Å². The van der Waals surface area contributed by atoms with Gasteiger partial charge in [0.2, 0.25) is 0 Å². The summed E-state index contributed by atoms with van der Waals surface area (Å²) in [7, 11) is -1.62. The summed E-state index contributed by atoms with van der Waals surface area (Å²) in [5, 5.41) is 2.85. The lowest BCUT2D eigenvalue weighted by molar-refractivity contribution is -0.148. The van der Waals surface area contributed by atoms with Crippen LogP contribution in [-0.2, 0) is 24.2 Å². The number of sulfone groups is 1. The number of methoxy groups -OCH3 is 1. The van der Waals surface area contributed by atoms with Gasteiger partial charge in [-0.2, -0.15) is 0 Å². The van der Waals surface area contributed by atoms with Gasteiger partial charge >= 0.3 is 11.8 Å². The monoisotopic (exact) mass is 360 g/mol. The molecule has 0 aromatic carbocycles. The summed E-state index contributed by atoms with van der Waals surface area (Å²) in [6.07, 6.45) is 4.52. The van der Waals surface area contributed by atoms with Gasteiger partial charge in [-0.05, 0) is 25.2 Å². The Labute approximate surface area is 144 Å². The third-order valence-corrected chi connectivity index (χ3v) is 6.82. The van der Waals surface area contributed by atoms with Crippen LogP contribution in [0.5, 0.6) is 0 Å². The fourth-order valence-corrected chi connectivity index (χ4v) is 5.28. The zero-order valence-electron chi connectivity index (χ0n) is 14.5. The fourth-order valence-electron chi connectivity index (χ4n) is 3.55. The first-order valence-electron chi connectivity index (χ1n) is 8.65. The summed E-state index contributed by atoms with van der Waals surface area (Å²) in [4.78, 5) is 26.3. The van der Waals surface area contributed by atoms with Crippen LogP contribution >= 0.6 is 0 Å². The van der Waals surface area contributed by atoms with E-state index in [1.165, 1.54) is 12.0 Å². The number of hydrogen-bond donors (Lipinski definition) is 1. The predicted octanol–water partition coefficient (Wildman–Crippen LogP) is 0.343. The largest absolute Gasteiger partial charge is 0.383 e. The first kappa shape index (κ1) is 19.2. The van der Waals surface area contributed by atoms with Crippen LogP contribution in [-0.4, -0.2) is 69.0 Å². The molecule has 1 saturated carbocycles. The molecule has 8 heteroatoms. The molecule has 7 nitrogen and oxygen atoms in total. The molecule has 0 aromatic rings. The van der Waals surface area contributed by atoms with Crippen molar-refractivity contribution in [3.05, 3.63) is 0 Å². The number of nitrogens with zero attached hydrogens (tertiary/aromatic N) is 1. The van der Waals surface area contributed by atoms with Crippen LogP contribution in [0.1, 0.15) is 39.0 Å². The smallest absolute Gasteiger partial charge is 0.312 e. The van der Waals surface area contributed by atoms with Crippen molar-refractivity contribution in [1.29, 1.82) is 0 Å². The summed E-state index contributed by atoms with van der Waals surface area (Å²) in [5.41, 5.74) is 0. The summed E-state index contributed by atoms with van der Waals surface area (Å²) in [5.74, 6) is -0.929. The van der Waals surface area contributed by atoms with Crippen molar-refractivity contribution in [3.8, 4) is 0 Å². The molecule has 2 aliphatic rings. The van der Waals surface area contributed by atoms with Crippen LogP contribution in [0.2, 0.25) is 0 Å². The van der Waals surface area contributed by atoms with Gasteiger partial charge in [0.25, 0.3) is 0 Å². The molecule has 0 aromatic heterocycles. The predicted molar refractivity (Wildman–Crippen MR) is 90.2 cm³/mol. The molecule has 0 bridgehead atoms. The first-order chi connectivity index (χ1) is 11.3. The van der Waals surface area contributed by atoms with Gasteiger partial charge in [-0.25, -0.2) is 8.42 Å². The molecule has 1 N–H and O–H groups in total. The molecule has 1 aliphatic heterocycles. The SMILES string of the molecule is COCCN(C(=O)C(=O)NC1CCCCC1C)C1CCS(=O)(=O)C1. The molecule has 138 valence electrons. The molecule has 2 fully saturated rings. The summed E-state index contributed by atoms with van der Waals surface area (Å²) in [6, 6.07) is -0.418. The quantitative estimate of drug-likeness (QED) is 0.714. The number of amides is 2. The minimum atomic E-state index is -3.13. The average molecular weight is 360 g/mol. The van der Waals surface area contributed by atoms with E-state index in [9.17, 15) is 18.0 Å². The molecule has 0 radical (unpaired) electrons. The van der Waals surface area contributed by atoms with Crippen molar-refractivity contribution in [2.45, 2.75) is 51.1 Å². The topological polar surface area (TPSA) is 92.8 Å². The van der Waals surface area contributed by atoms with E-state index in [0.717, 1.165) is 25.7 Å². The number of carbonyl (C=O) groups is 2. The Bertz CT molecular complexity index is 563. The lowest BCUT2D eigenvalue weighted by Crippen LogP contribution is -2.52. The highest BCUT2D eigenvalue weighted by atomic mass is 32.2. The number of nitrogens with one attached hydrogen (secondary N) is 1. The van der Waals surface area contributed by atoms with E-state index in [0.29, 0.717) is 12.3 Å². The molecular formula is C16H28N2O5S. The van der Waals surface area contributed by atoms with Crippen LogP contribution in [0.15, 0.2) is 0 Å². The highest BCUT2D eigenvalue weighted by molar-refractivity contribution is 7.91. The minimum Gasteiger partial charge on any atom is -0.383 e. The van der Waals surface area contributed by atoms with E-state index in [1.807, 2.05) is 0 Å². The summed E-state index contributed by atoms with van der Waals surface area (Å²) < 4.78 is 28.4. The normalized spacial score (nSPS) is 29.2. The van der Waals surface area contributed by atoms with Crippen LogP contribution in [0.25, 0.3) is 0 Å². The molecule has 24 heavy (non-hydrogen) atoms. The number of hydrogen-bond acceptors (Lipinski definition) is 5. The van der Waals surface area contributed by atoms with E-state index in [4.69, 9.17) is 4.74 Å². The van der Waals surface area contributed by atoms with Crippen molar-refractivity contribution in [3.63, 3.8) is 0 Å². The molecular weight excluding hydrogens is 332 g/mol. The van der Waals surface area contributed by atoms with Gasteiger partial charge < -0.3 is 15.0 Å². The van der Waals surface area contributed by atoms with Gasteiger partial charge in [-0.1, -0.05) is 19.8 Å². The van der Waals surface area contributed by atoms with E-state index in [2.05, 4.69) is 12.2 Å². The molecule has 0 spiro atoms. The minimum absolute atomic E-state index is 0.0202. The Kier molecular flexibility index (Phi) is 6.62.